The lowest BCUT2D eigenvalue weighted by Crippen LogP contribution is -2.60. The number of carbonyl (C=O) groups is 2. The molecule has 0 bridgehead atoms. The third kappa shape index (κ3) is 5.96. The molecule has 1 fully saturated rings. The number of ether oxygens (including phenoxy) is 5. The van der Waals surface area contributed by atoms with Gasteiger partial charge in [-0.05, 0) is 17.7 Å². The summed E-state index contributed by atoms with van der Waals surface area (Å²) in [7, 11) is 2.61. The number of hydrogen-bond donors (Lipinski definition) is 4. The molecule has 1 aromatic heterocycles. The Morgan fingerprint density at radius 1 is 0.949 bits per heavy atom. The first-order chi connectivity index (χ1) is 18.6. The maximum Gasteiger partial charge on any atom is 0.317 e. The molecule has 13 nitrogen and oxygen atoms in total. The Kier molecular flexibility index (Phi) is 8.35. The standard InChI is InChI=1S/C26H26O13/c1-34-13-5-3-12(4-6-13)15-10-36-17-8-14(7-16(27)21(17)22(15)30)38-26-25(33)24(32)23(31)18(39-26)11-37-20(29)9-19(28)35-2/h3-8,10,18,23-27,31-33H,9,11H2,1-2H3/t18-,23-,24-,25-,26-/m0/s1. The Bertz CT molecular complexity index is 1400. The third-order valence-corrected chi connectivity index (χ3v) is 6.08. The van der Waals surface area contributed by atoms with Gasteiger partial charge in [-0.1, -0.05) is 12.1 Å². The summed E-state index contributed by atoms with van der Waals surface area (Å²) in [6.07, 6.45) is -7.54. The second-order valence-electron chi connectivity index (χ2n) is 8.59. The minimum Gasteiger partial charge on any atom is -0.507 e. The molecule has 2 aromatic carbocycles. The number of fused-ring (bicyclic) bond motifs is 1. The normalized spacial score (nSPS) is 22.7. The molecule has 0 aliphatic carbocycles. The van der Waals surface area contributed by atoms with E-state index in [1.54, 1.807) is 24.3 Å². The van der Waals surface area contributed by atoms with Crippen molar-refractivity contribution in [3.05, 3.63) is 52.9 Å². The van der Waals surface area contributed by atoms with Crippen LogP contribution in [0, 0.1) is 0 Å². The summed E-state index contributed by atoms with van der Waals surface area (Å²) in [5.74, 6) is -1.78. The average Bonchev–Trinajstić information content (AvgIpc) is 2.92. The number of phenols is 1. The molecule has 13 heteroatoms. The summed E-state index contributed by atoms with van der Waals surface area (Å²) in [6.45, 7) is -0.577. The molecule has 1 aliphatic rings. The zero-order chi connectivity index (χ0) is 28.3. The second kappa shape index (κ2) is 11.7. The minimum absolute atomic E-state index is 0.0357. The van der Waals surface area contributed by atoms with Crippen molar-refractivity contribution in [2.45, 2.75) is 37.1 Å². The maximum absolute atomic E-state index is 13.1. The van der Waals surface area contributed by atoms with E-state index < -0.39 is 66.9 Å². The molecule has 39 heavy (non-hydrogen) atoms. The molecule has 4 N–H and O–H groups in total. The van der Waals surface area contributed by atoms with Gasteiger partial charge in [0.15, 0.2) is 0 Å². The highest BCUT2D eigenvalue weighted by Gasteiger charge is 2.45. The smallest absolute Gasteiger partial charge is 0.317 e. The van der Waals surface area contributed by atoms with Crippen LogP contribution < -0.4 is 14.9 Å². The molecule has 1 saturated heterocycles. The SMILES string of the molecule is COC(=O)CC(=O)OC[C@@H]1O[C@H](Oc2cc(O)c3c(=O)c(-c4ccc(OC)cc4)coc3c2)[C@@H](O)[C@@H](O)[C@H]1O. The van der Waals surface area contributed by atoms with Gasteiger partial charge in [-0.2, -0.15) is 0 Å². The lowest BCUT2D eigenvalue weighted by Gasteiger charge is -2.39. The molecule has 3 aromatic rings. The van der Waals surface area contributed by atoms with Gasteiger partial charge in [-0.25, -0.2) is 0 Å². The van der Waals surface area contributed by atoms with E-state index in [-0.39, 0.29) is 22.3 Å². The summed E-state index contributed by atoms with van der Waals surface area (Å²) in [4.78, 5) is 36.0. The monoisotopic (exact) mass is 546 g/mol. The van der Waals surface area contributed by atoms with E-state index in [2.05, 4.69) is 4.74 Å². The molecular weight excluding hydrogens is 520 g/mol. The van der Waals surface area contributed by atoms with Gasteiger partial charge in [0.05, 0.1) is 19.8 Å². The predicted molar refractivity (Wildman–Crippen MR) is 131 cm³/mol. The number of phenolic OH excluding ortho intramolecular Hbond substituents is 1. The second-order valence-corrected chi connectivity index (χ2v) is 8.59. The van der Waals surface area contributed by atoms with Crippen LogP contribution in [0.15, 0.2) is 51.9 Å². The van der Waals surface area contributed by atoms with Gasteiger partial charge in [0.1, 0.15) is 71.9 Å². The Hall–Kier alpha value is -4.17. The van der Waals surface area contributed by atoms with Crippen LogP contribution in [0.4, 0.5) is 0 Å². The number of aliphatic hydroxyl groups excluding tert-OH is 3. The third-order valence-electron chi connectivity index (χ3n) is 6.08. The van der Waals surface area contributed by atoms with E-state index in [9.17, 15) is 34.8 Å². The van der Waals surface area contributed by atoms with Crippen LogP contribution in [-0.4, -0.2) is 83.9 Å². The lowest BCUT2D eigenvalue weighted by molar-refractivity contribution is -0.278. The topological polar surface area (TPSA) is 191 Å². The van der Waals surface area contributed by atoms with Crippen LogP contribution in [0.1, 0.15) is 6.42 Å². The quantitative estimate of drug-likeness (QED) is 0.225. The fourth-order valence-corrected chi connectivity index (χ4v) is 3.95. The number of hydrogen-bond acceptors (Lipinski definition) is 13. The molecule has 0 amide bonds. The van der Waals surface area contributed by atoms with E-state index in [1.807, 2.05) is 0 Å². The van der Waals surface area contributed by atoms with E-state index >= 15 is 0 Å². The van der Waals surface area contributed by atoms with Crippen molar-refractivity contribution in [2.75, 3.05) is 20.8 Å². The highest BCUT2D eigenvalue weighted by molar-refractivity contribution is 5.91. The molecule has 0 saturated carbocycles. The van der Waals surface area contributed by atoms with Gasteiger partial charge < -0.3 is 48.5 Å². The minimum atomic E-state index is -1.76. The summed E-state index contributed by atoms with van der Waals surface area (Å²) in [6, 6.07) is 9.03. The molecular formula is C26H26O13. The lowest BCUT2D eigenvalue weighted by atomic mass is 9.99. The number of carbonyl (C=O) groups excluding carboxylic acids is 2. The van der Waals surface area contributed by atoms with Crippen molar-refractivity contribution < 1.29 is 58.1 Å². The Morgan fingerprint density at radius 2 is 1.67 bits per heavy atom. The molecule has 208 valence electrons. The summed E-state index contributed by atoms with van der Waals surface area (Å²) in [5, 5.41) is 41.4. The van der Waals surface area contributed by atoms with Crippen molar-refractivity contribution in [3.63, 3.8) is 0 Å². The zero-order valence-electron chi connectivity index (χ0n) is 20.8. The molecule has 0 spiro atoms. The van der Waals surface area contributed by atoms with Gasteiger partial charge in [0.25, 0.3) is 0 Å². The number of aromatic hydroxyl groups is 1. The van der Waals surface area contributed by atoms with Crippen molar-refractivity contribution >= 4 is 22.9 Å². The van der Waals surface area contributed by atoms with Crippen molar-refractivity contribution in [1.82, 2.24) is 0 Å². The van der Waals surface area contributed by atoms with Gasteiger partial charge in [0, 0.05) is 12.1 Å². The first-order valence-electron chi connectivity index (χ1n) is 11.6. The van der Waals surface area contributed by atoms with Gasteiger partial charge >= 0.3 is 11.9 Å². The number of rotatable bonds is 8. The fraction of sp³-hybridized carbons (Fsp3) is 0.346. The maximum atomic E-state index is 13.1. The molecule has 5 atom stereocenters. The molecule has 4 rings (SSSR count). The zero-order valence-corrected chi connectivity index (χ0v) is 20.8. The molecule has 2 heterocycles. The van der Waals surface area contributed by atoms with Crippen LogP contribution in [0.3, 0.4) is 0 Å². The number of benzene rings is 2. The first-order valence-corrected chi connectivity index (χ1v) is 11.6. The number of aliphatic hydroxyl groups is 3. The molecule has 1 aliphatic heterocycles. The van der Waals surface area contributed by atoms with Crippen LogP contribution in [0.25, 0.3) is 22.1 Å². The van der Waals surface area contributed by atoms with Crippen LogP contribution in [0.5, 0.6) is 17.2 Å². The van der Waals surface area contributed by atoms with E-state index in [0.717, 1.165) is 13.2 Å². The Morgan fingerprint density at radius 3 is 2.33 bits per heavy atom. The van der Waals surface area contributed by atoms with Gasteiger partial charge in [-0.3, -0.25) is 14.4 Å². The summed E-state index contributed by atoms with van der Waals surface area (Å²) >= 11 is 0. The van der Waals surface area contributed by atoms with Crippen LogP contribution in [-0.2, 0) is 23.8 Å². The molecule has 0 radical (unpaired) electrons. The fourth-order valence-electron chi connectivity index (χ4n) is 3.95. The summed E-state index contributed by atoms with van der Waals surface area (Å²) < 4.78 is 31.0. The van der Waals surface area contributed by atoms with Crippen LogP contribution in [0.2, 0.25) is 0 Å². The van der Waals surface area contributed by atoms with E-state index in [1.165, 1.54) is 19.4 Å². The highest BCUT2D eigenvalue weighted by atomic mass is 16.7. The van der Waals surface area contributed by atoms with Gasteiger partial charge in [0.2, 0.25) is 11.7 Å². The Labute approximate surface area is 220 Å². The van der Waals surface area contributed by atoms with Gasteiger partial charge in [-0.15, -0.1) is 0 Å². The number of esters is 2. The Balaban J connectivity index is 1.53. The van der Waals surface area contributed by atoms with Crippen molar-refractivity contribution in [1.29, 1.82) is 0 Å². The first kappa shape index (κ1) is 27.9. The van der Waals surface area contributed by atoms with E-state index in [0.29, 0.717) is 11.3 Å². The summed E-state index contributed by atoms with van der Waals surface area (Å²) in [5.41, 5.74) is 0.191. The van der Waals surface area contributed by atoms with Crippen molar-refractivity contribution in [2.24, 2.45) is 0 Å². The predicted octanol–water partition coefficient (Wildman–Crippen LogP) is 0.467. The highest BCUT2D eigenvalue weighted by Crippen LogP contribution is 2.33. The number of methoxy groups -OCH3 is 2. The van der Waals surface area contributed by atoms with Crippen LogP contribution >= 0.6 is 0 Å². The average molecular weight is 546 g/mol. The largest absolute Gasteiger partial charge is 0.507 e. The van der Waals surface area contributed by atoms with Crippen molar-refractivity contribution in [3.8, 4) is 28.4 Å². The molecule has 0 unspecified atom stereocenters. The van der Waals surface area contributed by atoms with E-state index in [4.69, 9.17) is 23.4 Å².